The lowest BCUT2D eigenvalue weighted by atomic mass is 10.1. The third-order valence-corrected chi connectivity index (χ3v) is 3.86. The summed E-state index contributed by atoms with van der Waals surface area (Å²) in [7, 11) is 1.54. The number of ether oxygens (including phenoxy) is 1. The average molecular weight is 344 g/mol. The van der Waals surface area contributed by atoms with Crippen LogP contribution in [-0.4, -0.2) is 13.0 Å². The molecule has 122 valence electrons. The molecule has 6 heteroatoms. The zero-order valence-electron chi connectivity index (χ0n) is 13.1. The van der Waals surface area contributed by atoms with Crippen molar-refractivity contribution in [3.63, 3.8) is 0 Å². The second-order valence-corrected chi connectivity index (χ2v) is 5.70. The van der Waals surface area contributed by atoms with Crippen LogP contribution in [-0.2, 0) is 0 Å². The van der Waals surface area contributed by atoms with Crippen LogP contribution in [0, 0.1) is 6.92 Å². The number of fused-ring (bicyclic) bond motifs is 1. The third-order valence-electron chi connectivity index (χ3n) is 3.62. The van der Waals surface area contributed by atoms with Crippen LogP contribution >= 0.6 is 11.6 Å². The molecule has 0 atom stereocenters. The Morgan fingerprint density at radius 1 is 1.17 bits per heavy atom. The Hall–Kier alpha value is -2.79. The van der Waals surface area contributed by atoms with Gasteiger partial charge in [-0.2, -0.15) is 0 Å². The van der Waals surface area contributed by atoms with Crippen molar-refractivity contribution in [3.05, 3.63) is 69.0 Å². The van der Waals surface area contributed by atoms with Crippen LogP contribution < -0.4 is 15.7 Å². The van der Waals surface area contributed by atoms with Crippen molar-refractivity contribution < 1.29 is 13.9 Å². The maximum Gasteiger partial charge on any atom is 0.349 e. The molecular formula is C18H14ClNO4. The third kappa shape index (κ3) is 3.12. The summed E-state index contributed by atoms with van der Waals surface area (Å²) in [5.41, 5.74) is 0.985. The fourth-order valence-corrected chi connectivity index (χ4v) is 2.57. The van der Waals surface area contributed by atoms with Crippen molar-refractivity contribution in [2.24, 2.45) is 0 Å². The monoisotopic (exact) mass is 343 g/mol. The van der Waals surface area contributed by atoms with Crippen LogP contribution in [0.4, 0.5) is 5.69 Å². The SMILES string of the molecule is COc1ccc2oc(=O)c(C(=O)Nc3ccc(Cl)cc3C)cc2c1. The molecule has 1 amide bonds. The van der Waals surface area contributed by atoms with Gasteiger partial charge in [0.15, 0.2) is 0 Å². The van der Waals surface area contributed by atoms with Crippen LogP contribution in [0.15, 0.2) is 51.7 Å². The number of hydrogen-bond donors (Lipinski definition) is 1. The van der Waals surface area contributed by atoms with Crippen molar-refractivity contribution in [1.29, 1.82) is 0 Å². The van der Waals surface area contributed by atoms with E-state index >= 15 is 0 Å². The highest BCUT2D eigenvalue weighted by molar-refractivity contribution is 6.30. The molecule has 1 heterocycles. The van der Waals surface area contributed by atoms with Crippen LogP contribution in [0.3, 0.4) is 0 Å². The number of amides is 1. The lowest BCUT2D eigenvalue weighted by Crippen LogP contribution is -2.21. The standard InChI is InChI=1S/C18H14ClNO4/c1-10-7-12(19)3-5-15(10)20-17(21)14-9-11-8-13(23-2)4-6-16(11)24-18(14)22/h3-9H,1-2H3,(H,20,21). The van der Waals surface area contributed by atoms with Gasteiger partial charge >= 0.3 is 5.63 Å². The lowest BCUT2D eigenvalue weighted by molar-refractivity contribution is 0.102. The Balaban J connectivity index is 1.99. The van der Waals surface area contributed by atoms with Crippen LogP contribution in [0.1, 0.15) is 15.9 Å². The average Bonchev–Trinajstić information content (AvgIpc) is 2.56. The number of benzene rings is 2. The minimum atomic E-state index is -0.697. The Morgan fingerprint density at radius 3 is 2.67 bits per heavy atom. The van der Waals surface area contributed by atoms with Crippen molar-refractivity contribution in [3.8, 4) is 5.75 Å². The van der Waals surface area contributed by atoms with Crippen LogP contribution in [0.2, 0.25) is 5.02 Å². The quantitative estimate of drug-likeness (QED) is 0.729. The number of anilines is 1. The van der Waals surface area contributed by atoms with E-state index in [0.717, 1.165) is 5.56 Å². The van der Waals surface area contributed by atoms with Gasteiger partial charge in [-0.3, -0.25) is 4.79 Å². The van der Waals surface area contributed by atoms with Gasteiger partial charge in [0.25, 0.3) is 5.91 Å². The zero-order chi connectivity index (χ0) is 17.3. The Bertz CT molecular complexity index is 994. The van der Waals surface area contributed by atoms with Gasteiger partial charge in [-0.05, 0) is 55.0 Å². The number of carbonyl (C=O) groups is 1. The molecule has 0 saturated heterocycles. The summed E-state index contributed by atoms with van der Waals surface area (Å²) >= 11 is 5.90. The number of hydrogen-bond acceptors (Lipinski definition) is 4. The van der Waals surface area contributed by atoms with E-state index < -0.39 is 11.5 Å². The van der Waals surface area contributed by atoms with Crippen molar-refractivity contribution in [2.75, 3.05) is 12.4 Å². The highest BCUT2D eigenvalue weighted by Gasteiger charge is 2.15. The first-order valence-electron chi connectivity index (χ1n) is 7.17. The maximum atomic E-state index is 12.4. The molecule has 1 N–H and O–H groups in total. The van der Waals surface area contributed by atoms with E-state index in [1.807, 2.05) is 6.92 Å². The molecule has 0 saturated carbocycles. The van der Waals surface area contributed by atoms with E-state index in [2.05, 4.69) is 5.32 Å². The van der Waals surface area contributed by atoms with Gasteiger partial charge in [-0.25, -0.2) is 4.79 Å². The Morgan fingerprint density at radius 2 is 1.96 bits per heavy atom. The van der Waals surface area contributed by atoms with Crippen LogP contribution in [0.5, 0.6) is 5.75 Å². The van der Waals surface area contributed by atoms with E-state index in [0.29, 0.717) is 27.4 Å². The predicted molar refractivity (Wildman–Crippen MR) is 93.2 cm³/mol. The van der Waals surface area contributed by atoms with Gasteiger partial charge in [0.2, 0.25) is 0 Å². The van der Waals surface area contributed by atoms with Crippen molar-refractivity contribution in [2.45, 2.75) is 6.92 Å². The fourth-order valence-electron chi connectivity index (χ4n) is 2.34. The molecule has 0 aliphatic carbocycles. The molecule has 0 bridgehead atoms. The number of halogens is 1. The summed E-state index contributed by atoms with van der Waals surface area (Å²) in [5, 5.41) is 3.87. The number of rotatable bonds is 3. The summed E-state index contributed by atoms with van der Waals surface area (Å²) in [5.74, 6) is 0.0649. The van der Waals surface area contributed by atoms with E-state index in [1.54, 1.807) is 36.4 Å². The highest BCUT2D eigenvalue weighted by atomic mass is 35.5. The van der Waals surface area contributed by atoms with Crippen molar-refractivity contribution in [1.82, 2.24) is 0 Å². The Labute approximate surface area is 142 Å². The van der Waals surface area contributed by atoms with Gasteiger partial charge in [0.1, 0.15) is 16.9 Å². The molecule has 24 heavy (non-hydrogen) atoms. The van der Waals surface area contributed by atoms with Gasteiger partial charge in [-0.15, -0.1) is 0 Å². The van der Waals surface area contributed by atoms with Crippen molar-refractivity contribution >= 4 is 34.2 Å². The molecule has 3 aromatic rings. The summed E-state index contributed by atoms with van der Waals surface area (Å²) in [6.07, 6.45) is 0. The second-order valence-electron chi connectivity index (χ2n) is 5.26. The summed E-state index contributed by atoms with van der Waals surface area (Å²) < 4.78 is 10.4. The topological polar surface area (TPSA) is 68.5 Å². The molecule has 5 nitrogen and oxygen atoms in total. The minimum Gasteiger partial charge on any atom is -0.497 e. The van der Waals surface area contributed by atoms with E-state index in [4.69, 9.17) is 20.8 Å². The Kier molecular flexibility index (Phi) is 4.27. The first-order valence-corrected chi connectivity index (χ1v) is 7.55. The summed E-state index contributed by atoms with van der Waals surface area (Å²) in [6.45, 7) is 1.81. The van der Waals surface area contributed by atoms with Crippen LogP contribution in [0.25, 0.3) is 11.0 Å². The van der Waals surface area contributed by atoms with Gasteiger partial charge in [0.05, 0.1) is 7.11 Å². The number of aryl methyl sites for hydroxylation is 1. The number of carbonyl (C=O) groups excluding carboxylic acids is 1. The number of methoxy groups -OCH3 is 1. The molecule has 0 unspecified atom stereocenters. The molecule has 0 spiro atoms. The smallest absolute Gasteiger partial charge is 0.349 e. The minimum absolute atomic E-state index is 0.0786. The largest absolute Gasteiger partial charge is 0.497 e. The molecule has 0 radical (unpaired) electrons. The first kappa shape index (κ1) is 16.1. The molecule has 0 aliphatic heterocycles. The lowest BCUT2D eigenvalue weighted by Gasteiger charge is -2.09. The summed E-state index contributed by atoms with van der Waals surface area (Å²) in [6, 6.07) is 11.6. The zero-order valence-corrected chi connectivity index (χ0v) is 13.8. The van der Waals surface area contributed by atoms with Gasteiger partial charge < -0.3 is 14.5 Å². The summed E-state index contributed by atoms with van der Waals surface area (Å²) in [4.78, 5) is 24.5. The molecule has 0 aliphatic rings. The molecule has 1 aromatic heterocycles. The predicted octanol–water partition coefficient (Wildman–Crippen LogP) is 4.02. The molecule has 3 rings (SSSR count). The molecular weight excluding hydrogens is 330 g/mol. The van der Waals surface area contributed by atoms with E-state index in [1.165, 1.54) is 13.2 Å². The highest BCUT2D eigenvalue weighted by Crippen LogP contribution is 2.22. The second kappa shape index (κ2) is 6.37. The van der Waals surface area contributed by atoms with E-state index in [9.17, 15) is 9.59 Å². The van der Waals surface area contributed by atoms with Gasteiger partial charge in [-0.1, -0.05) is 11.6 Å². The molecule has 2 aromatic carbocycles. The first-order chi connectivity index (χ1) is 11.5. The number of nitrogens with one attached hydrogen (secondary N) is 1. The van der Waals surface area contributed by atoms with E-state index in [-0.39, 0.29) is 5.56 Å². The normalized spacial score (nSPS) is 10.6. The maximum absolute atomic E-state index is 12.4. The van der Waals surface area contributed by atoms with Gasteiger partial charge in [0, 0.05) is 16.1 Å². The molecule has 0 fully saturated rings. The fraction of sp³-hybridized carbons (Fsp3) is 0.111.